The molecule has 1 saturated heterocycles. The molecule has 8 heteroatoms. The second kappa shape index (κ2) is 6.66. The van der Waals surface area contributed by atoms with Crippen molar-refractivity contribution in [2.45, 2.75) is 13.3 Å². The summed E-state index contributed by atoms with van der Waals surface area (Å²) in [7, 11) is 1.26. The Bertz CT molecular complexity index is 561. The Labute approximate surface area is 126 Å². The van der Waals surface area contributed by atoms with Crippen LogP contribution >= 0.6 is 11.8 Å². The van der Waals surface area contributed by atoms with Gasteiger partial charge in [-0.3, -0.25) is 14.5 Å². The molecule has 0 bridgehead atoms. The fourth-order valence-electron chi connectivity index (χ4n) is 2.02. The van der Waals surface area contributed by atoms with Crippen LogP contribution < -0.4 is 4.90 Å². The number of amides is 1. The van der Waals surface area contributed by atoms with E-state index in [0.717, 1.165) is 0 Å². The van der Waals surface area contributed by atoms with Gasteiger partial charge in [-0.15, -0.1) is 0 Å². The van der Waals surface area contributed by atoms with Crippen LogP contribution in [0.4, 0.5) is 5.82 Å². The van der Waals surface area contributed by atoms with Crippen molar-refractivity contribution in [2.24, 2.45) is 5.92 Å². The summed E-state index contributed by atoms with van der Waals surface area (Å²) in [6, 6.07) is 0. The molecule has 1 atom stereocenters. The zero-order chi connectivity index (χ0) is 15.4. The van der Waals surface area contributed by atoms with Gasteiger partial charge in [0.2, 0.25) is 5.91 Å². The zero-order valence-corrected chi connectivity index (χ0v) is 12.6. The van der Waals surface area contributed by atoms with Gasteiger partial charge in [-0.25, -0.2) is 14.8 Å². The lowest BCUT2D eigenvalue weighted by molar-refractivity contribution is -0.117. The van der Waals surface area contributed by atoms with Crippen LogP contribution in [0.15, 0.2) is 12.4 Å². The maximum atomic E-state index is 12.0. The number of hydrogen-bond donors (Lipinski definition) is 0. The molecule has 0 spiro atoms. The Morgan fingerprint density at radius 2 is 2.19 bits per heavy atom. The molecule has 112 valence electrons. The molecule has 2 rings (SSSR count). The normalized spacial score (nSPS) is 17.9. The SMILES string of the molecule is COC(=O)c1cnc(N2CC(CSC(C)=O)CC2=O)cn1. The number of hydrogen-bond acceptors (Lipinski definition) is 7. The first kappa shape index (κ1) is 15.4. The molecular formula is C13H15N3O4S. The lowest BCUT2D eigenvalue weighted by Gasteiger charge is -2.15. The number of rotatable bonds is 4. The Balaban J connectivity index is 2.03. The molecule has 0 saturated carbocycles. The van der Waals surface area contributed by atoms with E-state index >= 15 is 0 Å². The number of esters is 1. The molecular weight excluding hydrogens is 294 g/mol. The quantitative estimate of drug-likeness (QED) is 0.763. The third-order valence-electron chi connectivity index (χ3n) is 3.04. The average Bonchev–Trinajstić information content (AvgIpc) is 2.85. The molecule has 1 amide bonds. The summed E-state index contributed by atoms with van der Waals surface area (Å²) in [6.45, 7) is 2.02. The molecule has 1 aliphatic rings. The van der Waals surface area contributed by atoms with Gasteiger partial charge in [-0.2, -0.15) is 0 Å². The maximum Gasteiger partial charge on any atom is 0.358 e. The van der Waals surface area contributed by atoms with Crippen molar-refractivity contribution >= 4 is 34.6 Å². The number of carbonyl (C=O) groups excluding carboxylic acids is 3. The van der Waals surface area contributed by atoms with E-state index in [1.165, 1.54) is 43.1 Å². The molecule has 1 unspecified atom stereocenters. The predicted molar refractivity (Wildman–Crippen MR) is 77.0 cm³/mol. The Morgan fingerprint density at radius 3 is 2.76 bits per heavy atom. The van der Waals surface area contributed by atoms with Gasteiger partial charge in [0.15, 0.2) is 16.6 Å². The van der Waals surface area contributed by atoms with Crippen molar-refractivity contribution in [3.63, 3.8) is 0 Å². The fraction of sp³-hybridized carbons (Fsp3) is 0.462. The first-order valence-electron chi connectivity index (χ1n) is 6.35. The van der Waals surface area contributed by atoms with Crippen LogP contribution in [0.5, 0.6) is 0 Å². The number of aromatic nitrogens is 2. The summed E-state index contributed by atoms with van der Waals surface area (Å²) in [4.78, 5) is 43.8. The van der Waals surface area contributed by atoms with Crippen LogP contribution in [0.2, 0.25) is 0 Å². The van der Waals surface area contributed by atoms with Crippen molar-refractivity contribution < 1.29 is 19.1 Å². The third kappa shape index (κ3) is 3.78. The van der Waals surface area contributed by atoms with E-state index in [4.69, 9.17) is 0 Å². The highest BCUT2D eigenvalue weighted by Gasteiger charge is 2.31. The van der Waals surface area contributed by atoms with Gasteiger partial charge < -0.3 is 4.74 Å². The van der Waals surface area contributed by atoms with Crippen LogP contribution in [0, 0.1) is 5.92 Å². The minimum absolute atomic E-state index is 0.0446. The molecule has 7 nitrogen and oxygen atoms in total. The summed E-state index contributed by atoms with van der Waals surface area (Å²) in [5.74, 6) is 0.517. The van der Waals surface area contributed by atoms with E-state index in [9.17, 15) is 14.4 Å². The predicted octanol–water partition coefficient (Wildman–Crippen LogP) is 0.896. The minimum Gasteiger partial charge on any atom is -0.464 e. The molecule has 2 heterocycles. The lowest BCUT2D eigenvalue weighted by atomic mass is 10.1. The fourth-order valence-corrected chi connectivity index (χ4v) is 2.71. The molecule has 0 N–H and O–H groups in total. The van der Waals surface area contributed by atoms with Gasteiger partial charge in [0.05, 0.1) is 19.5 Å². The van der Waals surface area contributed by atoms with Crippen LogP contribution in [0.1, 0.15) is 23.8 Å². The van der Waals surface area contributed by atoms with Crippen molar-refractivity contribution in [3.8, 4) is 0 Å². The molecule has 0 aliphatic carbocycles. The van der Waals surface area contributed by atoms with Crippen LogP contribution in [0.25, 0.3) is 0 Å². The number of ether oxygens (including phenoxy) is 1. The summed E-state index contributed by atoms with van der Waals surface area (Å²) in [5, 5.41) is 0.0446. The van der Waals surface area contributed by atoms with Gasteiger partial charge in [0.1, 0.15) is 0 Å². The first-order valence-corrected chi connectivity index (χ1v) is 7.34. The van der Waals surface area contributed by atoms with Crippen LogP contribution in [0.3, 0.4) is 0 Å². The smallest absolute Gasteiger partial charge is 0.358 e. The number of nitrogens with zero attached hydrogens (tertiary/aromatic N) is 3. The van der Waals surface area contributed by atoms with E-state index in [1.807, 2.05) is 0 Å². The average molecular weight is 309 g/mol. The molecule has 1 aliphatic heterocycles. The highest BCUT2D eigenvalue weighted by molar-refractivity contribution is 8.13. The van der Waals surface area contributed by atoms with E-state index in [0.29, 0.717) is 24.5 Å². The van der Waals surface area contributed by atoms with Gasteiger partial charge in [-0.05, 0) is 5.92 Å². The van der Waals surface area contributed by atoms with E-state index in [2.05, 4.69) is 14.7 Å². The molecule has 1 aromatic rings. The molecule has 0 aromatic carbocycles. The van der Waals surface area contributed by atoms with Crippen molar-refractivity contribution in [1.29, 1.82) is 0 Å². The first-order chi connectivity index (χ1) is 10.0. The molecule has 0 radical (unpaired) electrons. The van der Waals surface area contributed by atoms with Gasteiger partial charge in [0.25, 0.3) is 0 Å². The maximum absolute atomic E-state index is 12.0. The Hall–Kier alpha value is -1.96. The third-order valence-corrected chi connectivity index (χ3v) is 4.08. The van der Waals surface area contributed by atoms with Crippen LogP contribution in [-0.4, -0.2) is 46.4 Å². The summed E-state index contributed by atoms with van der Waals surface area (Å²) in [5.41, 5.74) is 0.0941. The molecule has 21 heavy (non-hydrogen) atoms. The number of thioether (sulfide) groups is 1. The molecule has 1 aromatic heterocycles. The van der Waals surface area contributed by atoms with Gasteiger partial charge in [-0.1, -0.05) is 11.8 Å². The lowest BCUT2D eigenvalue weighted by Crippen LogP contribution is -2.26. The van der Waals surface area contributed by atoms with Crippen molar-refractivity contribution in [1.82, 2.24) is 9.97 Å². The Kier molecular flexibility index (Phi) is 4.89. The highest BCUT2D eigenvalue weighted by atomic mass is 32.2. The second-order valence-corrected chi connectivity index (χ2v) is 5.83. The second-order valence-electron chi connectivity index (χ2n) is 4.63. The highest BCUT2D eigenvalue weighted by Crippen LogP contribution is 2.25. The topological polar surface area (TPSA) is 89.5 Å². The molecule has 1 fully saturated rings. The van der Waals surface area contributed by atoms with Crippen LogP contribution in [-0.2, 0) is 14.3 Å². The van der Waals surface area contributed by atoms with Gasteiger partial charge in [0, 0.05) is 25.6 Å². The number of anilines is 1. The largest absolute Gasteiger partial charge is 0.464 e. The monoisotopic (exact) mass is 309 g/mol. The number of carbonyl (C=O) groups is 3. The summed E-state index contributed by atoms with van der Waals surface area (Å²) >= 11 is 1.22. The van der Waals surface area contributed by atoms with Crippen molar-refractivity contribution in [3.05, 3.63) is 18.1 Å². The van der Waals surface area contributed by atoms with E-state index < -0.39 is 5.97 Å². The number of methoxy groups -OCH3 is 1. The summed E-state index contributed by atoms with van der Waals surface area (Å²) in [6.07, 6.45) is 3.05. The zero-order valence-electron chi connectivity index (χ0n) is 11.7. The summed E-state index contributed by atoms with van der Waals surface area (Å²) < 4.78 is 4.54. The van der Waals surface area contributed by atoms with E-state index in [1.54, 1.807) is 0 Å². The minimum atomic E-state index is -0.572. The van der Waals surface area contributed by atoms with Gasteiger partial charge >= 0.3 is 5.97 Å². The van der Waals surface area contributed by atoms with E-state index in [-0.39, 0.29) is 22.6 Å². The van der Waals surface area contributed by atoms with Crippen molar-refractivity contribution in [2.75, 3.05) is 24.3 Å². The Morgan fingerprint density at radius 1 is 1.43 bits per heavy atom. The standard InChI is InChI=1S/C13H15N3O4S/c1-8(17)21-7-9-3-12(18)16(6-9)11-5-14-10(4-15-11)13(19)20-2/h4-5,9H,3,6-7H2,1-2H3.